The Balaban J connectivity index is 2.19. The van der Waals surface area contributed by atoms with E-state index in [0.29, 0.717) is 12.0 Å². The first-order chi connectivity index (χ1) is 9.92. The van der Waals surface area contributed by atoms with Gasteiger partial charge < -0.3 is 10.5 Å². The Labute approximate surface area is 125 Å². The third-order valence-corrected chi connectivity index (χ3v) is 3.68. The maximum atomic E-state index is 11.5. The van der Waals surface area contributed by atoms with E-state index in [1.165, 1.54) is 7.85 Å². The predicted molar refractivity (Wildman–Crippen MR) is 86.4 cm³/mol. The molecule has 0 aliphatic rings. The summed E-state index contributed by atoms with van der Waals surface area (Å²) in [5.41, 5.74) is 8.97. The van der Waals surface area contributed by atoms with Crippen LogP contribution < -0.4 is 5.73 Å². The number of hydrogen-bond acceptors (Lipinski definition) is 3. The largest absolute Gasteiger partial charge is 0.320 e. The third-order valence-electron chi connectivity index (χ3n) is 3.68. The molecule has 0 aromatic heterocycles. The number of nitriles is 1. The molecule has 4 heteroatoms. The van der Waals surface area contributed by atoms with E-state index >= 15 is 0 Å². The Morgan fingerprint density at radius 3 is 2.05 bits per heavy atom. The SMILES string of the molecule is BC(=O)[C@@](C)(N)Cc1ccc(-c2ccc(C#N)cc2)cc1. The molecule has 2 aromatic rings. The van der Waals surface area contributed by atoms with Gasteiger partial charge in [-0.2, -0.15) is 5.26 Å². The Morgan fingerprint density at radius 1 is 1.14 bits per heavy atom. The molecule has 0 fully saturated rings. The van der Waals surface area contributed by atoms with Crippen LogP contribution in [0.25, 0.3) is 11.1 Å². The minimum absolute atomic E-state index is 0.0151. The van der Waals surface area contributed by atoms with Gasteiger partial charge in [-0.05, 0) is 42.2 Å². The number of nitrogens with zero attached hydrogens (tertiary/aromatic N) is 1. The molecule has 2 N–H and O–H groups in total. The first-order valence-corrected chi connectivity index (χ1v) is 6.82. The molecule has 0 amide bonds. The van der Waals surface area contributed by atoms with E-state index in [2.05, 4.69) is 6.07 Å². The summed E-state index contributed by atoms with van der Waals surface area (Å²) < 4.78 is 0. The van der Waals surface area contributed by atoms with Gasteiger partial charge in [0.25, 0.3) is 0 Å². The van der Waals surface area contributed by atoms with Crippen molar-refractivity contribution in [1.82, 2.24) is 0 Å². The van der Waals surface area contributed by atoms with Crippen LogP contribution in [0.4, 0.5) is 0 Å². The van der Waals surface area contributed by atoms with Crippen molar-refractivity contribution in [2.24, 2.45) is 5.73 Å². The van der Waals surface area contributed by atoms with Crippen LogP contribution in [-0.4, -0.2) is 19.1 Å². The average molecular weight is 276 g/mol. The highest BCUT2D eigenvalue weighted by Gasteiger charge is 2.23. The van der Waals surface area contributed by atoms with Gasteiger partial charge in [0.2, 0.25) is 0 Å². The highest BCUT2D eigenvalue weighted by molar-refractivity contribution is 6.59. The Kier molecular flexibility index (Phi) is 4.25. The smallest absolute Gasteiger partial charge is 0.189 e. The molecule has 0 spiro atoms. The van der Waals surface area contributed by atoms with Gasteiger partial charge in [-0.1, -0.05) is 36.4 Å². The summed E-state index contributed by atoms with van der Waals surface area (Å²) in [6, 6.07) is 17.6. The maximum Gasteiger partial charge on any atom is 0.189 e. The van der Waals surface area contributed by atoms with Crippen LogP contribution in [0.15, 0.2) is 48.5 Å². The van der Waals surface area contributed by atoms with Gasteiger partial charge in [0.05, 0.1) is 17.2 Å². The van der Waals surface area contributed by atoms with Gasteiger partial charge in [0, 0.05) is 0 Å². The number of carbonyl (C=O) groups excluding carboxylic acids is 1. The monoisotopic (exact) mass is 276 g/mol. The van der Waals surface area contributed by atoms with Gasteiger partial charge in [-0.15, -0.1) is 0 Å². The molecule has 21 heavy (non-hydrogen) atoms. The van der Waals surface area contributed by atoms with Crippen LogP contribution in [0, 0.1) is 11.3 Å². The Morgan fingerprint density at radius 2 is 1.62 bits per heavy atom. The lowest BCUT2D eigenvalue weighted by atomic mass is 9.80. The summed E-state index contributed by atoms with van der Waals surface area (Å²) in [5, 5.41) is 8.80. The van der Waals surface area contributed by atoms with Crippen LogP contribution in [0.5, 0.6) is 0 Å². The fourth-order valence-corrected chi connectivity index (χ4v) is 2.10. The molecule has 2 rings (SSSR count). The Bertz CT molecular complexity index is 682. The zero-order valence-corrected chi connectivity index (χ0v) is 12.3. The van der Waals surface area contributed by atoms with Crippen LogP contribution in [0.2, 0.25) is 0 Å². The van der Waals surface area contributed by atoms with E-state index in [0.717, 1.165) is 16.7 Å². The molecule has 0 saturated heterocycles. The van der Waals surface area contributed by atoms with Crippen LogP contribution in [-0.2, 0) is 11.2 Å². The standard InChI is InChI=1S/C17H17BN2O/c1-17(20,16(18)21)10-12-2-6-14(7-3-12)15-8-4-13(11-19)5-9-15/h2-9H,10,18,20H2,1H3/t17-/m0/s1. The molecule has 0 bridgehead atoms. The molecule has 1 atom stereocenters. The van der Waals surface area contributed by atoms with Crippen molar-refractivity contribution >= 4 is 13.5 Å². The van der Waals surface area contributed by atoms with Crippen molar-refractivity contribution in [3.05, 3.63) is 59.7 Å². The second-order valence-electron chi connectivity index (χ2n) is 5.54. The number of rotatable bonds is 4. The topological polar surface area (TPSA) is 66.9 Å². The van der Waals surface area contributed by atoms with E-state index in [9.17, 15) is 4.79 Å². The zero-order valence-electron chi connectivity index (χ0n) is 12.3. The van der Waals surface area contributed by atoms with E-state index in [4.69, 9.17) is 11.0 Å². The lowest BCUT2D eigenvalue weighted by molar-refractivity contribution is -0.115. The van der Waals surface area contributed by atoms with Crippen LogP contribution in [0.1, 0.15) is 18.1 Å². The van der Waals surface area contributed by atoms with E-state index in [1.54, 1.807) is 19.1 Å². The van der Waals surface area contributed by atoms with Crippen LogP contribution >= 0.6 is 0 Å². The van der Waals surface area contributed by atoms with Crippen molar-refractivity contribution in [1.29, 1.82) is 5.26 Å². The number of carbonyl (C=O) groups is 1. The van der Waals surface area contributed by atoms with Gasteiger partial charge >= 0.3 is 0 Å². The van der Waals surface area contributed by atoms with Crippen molar-refractivity contribution in [3.8, 4) is 17.2 Å². The van der Waals surface area contributed by atoms with Gasteiger partial charge in [0.1, 0.15) is 5.68 Å². The second-order valence-corrected chi connectivity index (χ2v) is 5.54. The lowest BCUT2D eigenvalue weighted by Crippen LogP contribution is -2.47. The average Bonchev–Trinajstić information content (AvgIpc) is 2.48. The molecule has 0 unspecified atom stereocenters. The summed E-state index contributed by atoms with van der Waals surface area (Å²) in [5.74, 6) is 0. The fourth-order valence-electron chi connectivity index (χ4n) is 2.10. The zero-order chi connectivity index (χ0) is 15.5. The maximum absolute atomic E-state index is 11.5. The van der Waals surface area contributed by atoms with E-state index in [1.807, 2.05) is 36.4 Å². The van der Waals surface area contributed by atoms with E-state index in [-0.39, 0.29) is 5.68 Å². The molecule has 3 nitrogen and oxygen atoms in total. The first kappa shape index (κ1) is 15.0. The molecular formula is C17H17BN2O. The number of nitrogens with two attached hydrogens (primary N) is 1. The van der Waals surface area contributed by atoms with Gasteiger partial charge in [-0.25, -0.2) is 0 Å². The van der Waals surface area contributed by atoms with Crippen LogP contribution in [0.3, 0.4) is 0 Å². The molecule has 0 aliphatic heterocycles. The third kappa shape index (κ3) is 3.59. The summed E-state index contributed by atoms with van der Waals surface area (Å²) in [4.78, 5) is 11.5. The fraction of sp³-hybridized carbons (Fsp3) is 0.176. The highest BCUT2D eigenvalue weighted by atomic mass is 16.1. The summed E-state index contributed by atoms with van der Waals surface area (Å²) in [7, 11) is 1.52. The normalized spacial score (nSPS) is 13.2. The van der Waals surface area contributed by atoms with Gasteiger partial charge in [-0.3, -0.25) is 0 Å². The van der Waals surface area contributed by atoms with E-state index < -0.39 is 5.54 Å². The molecule has 2 aromatic carbocycles. The highest BCUT2D eigenvalue weighted by Crippen LogP contribution is 2.21. The molecule has 0 heterocycles. The summed E-state index contributed by atoms with van der Waals surface area (Å²) >= 11 is 0. The molecular weight excluding hydrogens is 259 g/mol. The molecule has 104 valence electrons. The van der Waals surface area contributed by atoms with Crippen molar-refractivity contribution in [2.45, 2.75) is 18.9 Å². The lowest BCUT2D eigenvalue weighted by Gasteiger charge is -2.21. The van der Waals surface area contributed by atoms with Gasteiger partial charge in [0.15, 0.2) is 7.85 Å². The number of benzene rings is 2. The summed E-state index contributed by atoms with van der Waals surface area (Å²) in [6.07, 6.45) is 0.524. The molecule has 0 aliphatic carbocycles. The second kappa shape index (κ2) is 5.95. The molecule has 0 radical (unpaired) electrons. The van der Waals surface area contributed by atoms with Crippen molar-refractivity contribution < 1.29 is 4.79 Å². The van der Waals surface area contributed by atoms with Crippen molar-refractivity contribution in [2.75, 3.05) is 0 Å². The Hall–Kier alpha value is -2.38. The molecule has 0 saturated carbocycles. The quantitative estimate of drug-likeness (QED) is 0.863. The minimum atomic E-state index is -0.823. The predicted octanol–water partition coefficient (Wildman–Crippen LogP) is 1.64. The summed E-state index contributed by atoms with van der Waals surface area (Å²) in [6.45, 7) is 1.75. The van der Waals surface area contributed by atoms with Crippen molar-refractivity contribution in [3.63, 3.8) is 0 Å². The minimum Gasteiger partial charge on any atom is -0.320 e. The number of hydrogen-bond donors (Lipinski definition) is 1. The first-order valence-electron chi connectivity index (χ1n) is 6.82.